The van der Waals surface area contributed by atoms with Crippen molar-refractivity contribution in [2.45, 2.75) is 46.2 Å². The zero-order valence-electron chi connectivity index (χ0n) is 12.8. The summed E-state index contributed by atoms with van der Waals surface area (Å²) in [5.41, 5.74) is 0. The van der Waals surface area contributed by atoms with Crippen molar-refractivity contribution in [2.75, 3.05) is 13.6 Å². The smallest absolute Gasteiger partial charge is 0.326 e. The lowest BCUT2D eigenvalue weighted by Gasteiger charge is -2.22. The number of urea groups is 1. The first-order valence-corrected chi connectivity index (χ1v) is 6.73. The van der Waals surface area contributed by atoms with Crippen LogP contribution in [0.3, 0.4) is 0 Å². The summed E-state index contributed by atoms with van der Waals surface area (Å²) in [6, 6.07) is -2.31. The molecule has 0 aromatic heterocycles. The maximum atomic E-state index is 11.8. The molecule has 0 aliphatic carbocycles. The topological polar surface area (TPSA) is 98.7 Å². The van der Waals surface area contributed by atoms with Gasteiger partial charge in [-0.15, -0.1) is 0 Å². The summed E-state index contributed by atoms with van der Waals surface area (Å²) < 4.78 is 0. The van der Waals surface area contributed by atoms with E-state index in [2.05, 4.69) is 10.6 Å². The monoisotopic (exact) mass is 287 g/mol. The first-order valence-electron chi connectivity index (χ1n) is 6.73. The number of rotatable bonds is 7. The Kier molecular flexibility index (Phi) is 7.64. The third-order valence-electron chi connectivity index (χ3n) is 2.88. The molecule has 20 heavy (non-hydrogen) atoms. The Morgan fingerprint density at radius 3 is 2.10 bits per heavy atom. The minimum atomic E-state index is -1.08. The van der Waals surface area contributed by atoms with Crippen LogP contribution in [-0.4, -0.2) is 53.6 Å². The van der Waals surface area contributed by atoms with E-state index in [1.807, 2.05) is 20.8 Å². The van der Waals surface area contributed by atoms with Gasteiger partial charge in [0.2, 0.25) is 5.91 Å². The Hall–Kier alpha value is -1.79. The Morgan fingerprint density at radius 2 is 1.70 bits per heavy atom. The lowest BCUT2D eigenvalue weighted by molar-refractivity contribution is -0.139. The number of carbonyl (C=O) groups is 3. The summed E-state index contributed by atoms with van der Waals surface area (Å²) >= 11 is 0. The number of carboxylic acid groups (broad SMARTS) is 1. The molecule has 7 heteroatoms. The number of carboxylic acids is 1. The second-order valence-corrected chi connectivity index (χ2v) is 5.21. The molecule has 0 saturated carbocycles. The van der Waals surface area contributed by atoms with Crippen molar-refractivity contribution < 1.29 is 19.5 Å². The fourth-order valence-electron chi connectivity index (χ4n) is 1.64. The molecule has 0 aliphatic heterocycles. The van der Waals surface area contributed by atoms with Gasteiger partial charge < -0.3 is 20.6 Å². The van der Waals surface area contributed by atoms with Crippen LogP contribution in [0.4, 0.5) is 4.79 Å². The molecule has 0 aliphatic rings. The normalized spacial score (nSPS) is 13.5. The highest BCUT2D eigenvalue weighted by atomic mass is 16.4. The van der Waals surface area contributed by atoms with E-state index in [9.17, 15) is 14.4 Å². The maximum Gasteiger partial charge on any atom is 0.326 e. The van der Waals surface area contributed by atoms with Crippen LogP contribution >= 0.6 is 0 Å². The van der Waals surface area contributed by atoms with Crippen molar-refractivity contribution in [2.24, 2.45) is 5.92 Å². The molecule has 0 radical (unpaired) electrons. The van der Waals surface area contributed by atoms with Gasteiger partial charge >= 0.3 is 12.0 Å². The first kappa shape index (κ1) is 18.2. The zero-order chi connectivity index (χ0) is 15.9. The summed E-state index contributed by atoms with van der Waals surface area (Å²) in [7, 11) is 1.64. The number of carbonyl (C=O) groups excluding carboxylic acids is 2. The molecule has 0 aromatic rings. The Balaban J connectivity index is 4.46. The van der Waals surface area contributed by atoms with Gasteiger partial charge in [-0.3, -0.25) is 4.79 Å². The summed E-state index contributed by atoms with van der Waals surface area (Å²) in [6.45, 7) is 7.67. The number of aliphatic carboxylic acids is 1. The second kappa shape index (κ2) is 8.39. The largest absolute Gasteiger partial charge is 0.480 e. The molecule has 2 atom stereocenters. The fraction of sp³-hybridized carbons (Fsp3) is 0.769. The Bertz CT molecular complexity index is 358. The van der Waals surface area contributed by atoms with Crippen LogP contribution in [-0.2, 0) is 9.59 Å². The molecule has 3 N–H and O–H groups in total. The average Bonchev–Trinajstić information content (AvgIpc) is 2.35. The van der Waals surface area contributed by atoms with E-state index >= 15 is 0 Å². The molecular weight excluding hydrogens is 262 g/mol. The third-order valence-corrected chi connectivity index (χ3v) is 2.88. The molecule has 0 rings (SSSR count). The molecule has 3 amide bonds. The van der Waals surface area contributed by atoms with Gasteiger partial charge in [0.1, 0.15) is 12.1 Å². The molecule has 0 heterocycles. The number of amides is 3. The van der Waals surface area contributed by atoms with Crippen LogP contribution in [0.2, 0.25) is 0 Å². The van der Waals surface area contributed by atoms with Crippen molar-refractivity contribution in [1.82, 2.24) is 15.5 Å². The molecular formula is C13H25N3O4. The summed E-state index contributed by atoms with van der Waals surface area (Å²) in [5, 5.41) is 13.8. The Morgan fingerprint density at radius 1 is 1.15 bits per heavy atom. The highest BCUT2D eigenvalue weighted by Crippen LogP contribution is 2.04. The van der Waals surface area contributed by atoms with Gasteiger partial charge in [0, 0.05) is 13.6 Å². The van der Waals surface area contributed by atoms with Crippen LogP contribution in [0.25, 0.3) is 0 Å². The first-order chi connectivity index (χ1) is 9.18. The predicted molar refractivity (Wildman–Crippen MR) is 75.3 cm³/mol. The number of nitrogens with zero attached hydrogens (tertiary/aromatic N) is 1. The number of hydrogen-bond donors (Lipinski definition) is 3. The predicted octanol–water partition coefficient (Wildman–Crippen LogP) is 0.652. The van der Waals surface area contributed by atoms with Crippen molar-refractivity contribution in [3.63, 3.8) is 0 Å². The average molecular weight is 287 g/mol. The second-order valence-electron chi connectivity index (χ2n) is 5.21. The van der Waals surface area contributed by atoms with E-state index in [1.165, 1.54) is 4.90 Å². The Labute approximate surface area is 119 Å². The molecule has 0 bridgehead atoms. The maximum absolute atomic E-state index is 11.8. The minimum Gasteiger partial charge on any atom is -0.480 e. The van der Waals surface area contributed by atoms with Gasteiger partial charge in [-0.1, -0.05) is 13.8 Å². The molecule has 0 spiro atoms. The van der Waals surface area contributed by atoms with E-state index in [-0.39, 0.29) is 11.8 Å². The van der Waals surface area contributed by atoms with Gasteiger partial charge in [0.15, 0.2) is 0 Å². The summed E-state index contributed by atoms with van der Waals surface area (Å²) in [4.78, 5) is 36.0. The van der Waals surface area contributed by atoms with Gasteiger partial charge in [-0.25, -0.2) is 9.59 Å². The van der Waals surface area contributed by atoms with Crippen molar-refractivity contribution in [1.29, 1.82) is 0 Å². The third kappa shape index (κ3) is 6.40. The summed E-state index contributed by atoms with van der Waals surface area (Å²) in [6.07, 6.45) is 0.333. The van der Waals surface area contributed by atoms with E-state index in [1.54, 1.807) is 14.0 Å². The van der Waals surface area contributed by atoms with E-state index in [0.29, 0.717) is 13.0 Å². The molecule has 0 fully saturated rings. The minimum absolute atomic E-state index is 0.140. The van der Waals surface area contributed by atoms with Crippen LogP contribution in [0.15, 0.2) is 0 Å². The SMILES string of the molecule is CCN(C)C(=O)C(C)NC(=O)NC(CC(C)C)C(=O)O. The van der Waals surface area contributed by atoms with Crippen LogP contribution in [0.1, 0.15) is 34.1 Å². The van der Waals surface area contributed by atoms with E-state index in [0.717, 1.165) is 0 Å². The fourth-order valence-corrected chi connectivity index (χ4v) is 1.64. The summed E-state index contributed by atoms with van der Waals surface area (Å²) in [5.74, 6) is -1.17. The van der Waals surface area contributed by atoms with Crippen molar-refractivity contribution in [3.05, 3.63) is 0 Å². The number of likely N-dealkylation sites (N-methyl/N-ethyl adjacent to an activating group) is 1. The number of hydrogen-bond acceptors (Lipinski definition) is 3. The van der Waals surface area contributed by atoms with Crippen molar-refractivity contribution >= 4 is 17.9 Å². The molecule has 2 unspecified atom stereocenters. The van der Waals surface area contributed by atoms with Crippen molar-refractivity contribution in [3.8, 4) is 0 Å². The van der Waals surface area contributed by atoms with Crippen LogP contribution in [0.5, 0.6) is 0 Å². The van der Waals surface area contributed by atoms with E-state index < -0.39 is 24.1 Å². The van der Waals surface area contributed by atoms with Gasteiger partial charge in [-0.2, -0.15) is 0 Å². The van der Waals surface area contributed by atoms with E-state index in [4.69, 9.17) is 5.11 Å². The zero-order valence-corrected chi connectivity index (χ0v) is 12.8. The lowest BCUT2D eigenvalue weighted by atomic mass is 10.0. The number of nitrogens with one attached hydrogen (secondary N) is 2. The molecule has 7 nitrogen and oxygen atoms in total. The molecule has 116 valence electrons. The van der Waals surface area contributed by atoms with Crippen LogP contribution in [0, 0.1) is 5.92 Å². The van der Waals surface area contributed by atoms with Gasteiger partial charge in [0.25, 0.3) is 0 Å². The highest BCUT2D eigenvalue weighted by molar-refractivity contribution is 5.88. The van der Waals surface area contributed by atoms with Crippen LogP contribution < -0.4 is 10.6 Å². The standard InChI is InChI=1S/C13H25N3O4/c1-6-16(5)11(17)9(4)14-13(20)15-10(12(18)19)7-8(2)3/h8-10H,6-7H2,1-5H3,(H,18,19)(H2,14,15,20). The quantitative estimate of drug-likeness (QED) is 0.640. The lowest BCUT2D eigenvalue weighted by Crippen LogP contribution is -2.52. The highest BCUT2D eigenvalue weighted by Gasteiger charge is 2.23. The van der Waals surface area contributed by atoms with Gasteiger partial charge in [0.05, 0.1) is 0 Å². The van der Waals surface area contributed by atoms with Gasteiger partial charge in [-0.05, 0) is 26.2 Å². The molecule has 0 aromatic carbocycles. The molecule has 0 saturated heterocycles.